The van der Waals surface area contributed by atoms with Gasteiger partial charge in [0, 0.05) is 13.0 Å². The van der Waals surface area contributed by atoms with Gasteiger partial charge < -0.3 is 10.2 Å². The number of carbonyl (C=O) groups excluding carboxylic acids is 2. The van der Waals surface area contributed by atoms with E-state index in [-0.39, 0.29) is 24.0 Å². The lowest BCUT2D eigenvalue weighted by Crippen LogP contribution is -2.50. The third-order valence-electron chi connectivity index (χ3n) is 3.02. The zero-order valence-corrected chi connectivity index (χ0v) is 8.95. The van der Waals surface area contributed by atoms with Crippen molar-refractivity contribution in [3.63, 3.8) is 0 Å². The normalized spacial score (nSPS) is 32.7. The minimum Gasteiger partial charge on any atom is -0.345 e. The Hall–Kier alpha value is -1.10. The van der Waals surface area contributed by atoms with Gasteiger partial charge in [-0.3, -0.25) is 14.9 Å². The molecule has 2 heterocycles. The van der Waals surface area contributed by atoms with E-state index in [1.165, 1.54) is 0 Å². The highest BCUT2D eigenvalue weighted by atomic mass is 16.2. The molecule has 2 saturated heterocycles. The summed E-state index contributed by atoms with van der Waals surface area (Å²) in [5.74, 6) is -0.00315. The topological polar surface area (TPSA) is 61.4 Å². The lowest BCUT2D eigenvalue weighted by atomic mass is 10.2. The molecule has 0 bridgehead atoms. The number of hydrogen-bond acceptors (Lipinski definition) is 3. The molecule has 84 valence electrons. The highest BCUT2D eigenvalue weighted by Gasteiger charge is 2.32. The van der Waals surface area contributed by atoms with Crippen LogP contribution in [0.4, 0.5) is 0 Å². The maximum Gasteiger partial charge on any atom is 0.246 e. The van der Waals surface area contributed by atoms with Gasteiger partial charge in [-0.15, -0.1) is 0 Å². The Labute approximate surface area is 89.2 Å². The van der Waals surface area contributed by atoms with Crippen molar-refractivity contribution in [1.29, 1.82) is 0 Å². The molecule has 0 aromatic rings. The average Bonchev–Trinajstić information content (AvgIpc) is 2.67. The molecule has 2 aliphatic rings. The highest BCUT2D eigenvalue weighted by molar-refractivity contribution is 5.89. The third kappa shape index (κ3) is 2.12. The van der Waals surface area contributed by atoms with Crippen molar-refractivity contribution in [3.8, 4) is 0 Å². The van der Waals surface area contributed by atoms with Crippen LogP contribution >= 0.6 is 0 Å². The first kappa shape index (κ1) is 10.4. The average molecular weight is 211 g/mol. The fourth-order valence-corrected chi connectivity index (χ4v) is 2.20. The van der Waals surface area contributed by atoms with E-state index in [0.29, 0.717) is 13.0 Å². The molecular formula is C10H17N3O2. The standard InChI is InChI=1S/C10H17N3O2/c1-7-10(15)13(6-4-9(14)12-7)8-3-2-5-11-8/h7-8,11H,2-6H2,1H3,(H,12,14). The van der Waals surface area contributed by atoms with Crippen LogP contribution in [-0.4, -0.2) is 42.0 Å². The van der Waals surface area contributed by atoms with Crippen LogP contribution in [0.5, 0.6) is 0 Å². The molecule has 2 atom stereocenters. The first-order valence-corrected chi connectivity index (χ1v) is 5.52. The Balaban J connectivity index is 2.08. The van der Waals surface area contributed by atoms with Crippen LogP contribution in [0.2, 0.25) is 0 Å². The second kappa shape index (κ2) is 4.18. The summed E-state index contributed by atoms with van der Waals surface area (Å²) in [6.45, 7) is 3.24. The Morgan fingerprint density at radius 2 is 2.20 bits per heavy atom. The summed E-state index contributed by atoms with van der Waals surface area (Å²) < 4.78 is 0. The van der Waals surface area contributed by atoms with E-state index in [9.17, 15) is 9.59 Å². The first-order chi connectivity index (χ1) is 7.18. The van der Waals surface area contributed by atoms with Crippen molar-refractivity contribution in [2.24, 2.45) is 0 Å². The van der Waals surface area contributed by atoms with Gasteiger partial charge in [0.2, 0.25) is 11.8 Å². The molecule has 2 rings (SSSR count). The van der Waals surface area contributed by atoms with Crippen LogP contribution in [0.3, 0.4) is 0 Å². The second-order valence-electron chi connectivity index (χ2n) is 4.18. The quantitative estimate of drug-likeness (QED) is 0.611. The van der Waals surface area contributed by atoms with Crippen molar-refractivity contribution in [2.45, 2.75) is 38.4 Å². The van der Waals surface area contributed by atoms with Crippen LogP contribution < -0.4 is 10.6 Å². The number of hydrogen-bond donors (Lipinski definition) is 2. The van der Waals surface area contributed by atoms with Gasteiger partial charge in [-0.25, -0.2) is 0 Å². The van der Waals surface area contributed by atoms with E-state index in [0.717, 1.165) is 19.4 Å². The molecule has 5 nitrogen and oxygen atoms in total. The summed E-state index contributed by atoms with van der Waals surface area (Å²) in [4.78, 5) is 25.0. The maximum absolute atomic E-state index is 11.9. The van der Waals surface area contributed by atoms with Gasteiger partial charge in [0.1, 0.15) is 6.04 Å². The molecule has 0 aromatic heterocycles. The number of rotatable bonds is 1. The highest BCUT2D eigenvalue weighted by Crippen LogP contribution is 2.14. The Bertz CT molecular complexity index is 274. The number of carbonyl (C=O) groups is 2. The third-order valence-corrected chi connectivity index (χ3v) is 3.02. The molecule has 0 spiro atoms. The van der Waals surface area contributed by atoms with Crippen LogP contribution in [0.25, 0.3) is 0 Å². The van der Waals surface area contributed by atoms with E-state index >= 15 is 0 Å². The molecule has 15 heavy (non-hydrogen) atoms. The summed E-state index contributed by atoms with van der Waals surface area (Å²) in [7, 11) is 0. The molecule has 0 radical (unpaired) electrons. The Kier molecular flexibility index (Phi) is 2.90. The predicted octanol–water partition coefficient (Wildman–Crippen LogP) is -0.567. The SMILES string of the molecule is CC1NC(=O)CCN(C2CCCN2)C1=O. The zero-order chi connectivity index (χ0) is 10.8. The first-order valence-electron chi connectivity index (χ1n) is 5.52. The summed E-state index contributed by atoms with van der Waals surface area (Å²) >= 11 is 0. The molecule has 2 amide bonds. The van der Waals surface area contributed by atoms with Crippen LogP contribution in [0, 0.1) is 0 Å². The summed E-state index contributed by atoms with van der Waals surface area (Å²) in [6.07, 6.45) is 2.64. The molecular weight excluding hydrogens is 194 g/mol. The van der Waals surface area contributed by atoms with Crippen LogP contribution in [0.1, 0.15) is 26.2 Å². The molecule has 2 unspecified atom stereocenters. The summed E-state index contributed by atoms with van der Waals surface area (Å²) in [6, 6.07) is -0.387. The molecule has 2 fully saturated rings. The van der Waals surface area contributed by atoms with E-state index in [4.69, 9.17) is 0 Å². The smallest absolute Gasteiger partial charge is 0.246 e. The largest absolute Gasteiger partial charge is 0.345 e. The van der Waals surface area contributed by atoms with Gasteiger partial charge in [0.15, 0.2) is 0 Å². The van der Waals surface area contributed by atoms with Crippen LogP contribution in [0.15, 0.2) is 0 Å². The molecule has 0 aromatic carbocycles. The van der Waals surface area contributed by atoms with Crippen molar-refractivity contribution >= 4 is 11.8 Å². The number of nitrogens with one attached hydrogen (secondary N) is 2. The molecule has 0 aliphatic carbocycles. The second-order valence-corrected chi connectivity index (χ2v) is 4.18. The van der Waals surface area contributed by atoms with Gasteiger partial charge in [-0.05, 0) is 26.3 Å². The van der Waals surface area contributed by atoms with Crippen molar-refractivity contribution in [3.05, 3.63) is 0 Å². The monoisotopic (exact) mass is 211 g/mol. The Morgan fingerprint density at radius 1 is 1.40 bits per heavy atom. The van der Waals surface area contributed by atoms with Crippen molar-refractivity contribution in [2.75, 3.05) is 13.1 Å². The Morgan fingerprint density at radius 3 is 2.87 bits per heavy atom. The molecule has 0 saturated carbocycles. The fraction of sp³-hybridized carbons (Fsp3) is 0.800. The maximum atomic E-state index is 11.9. The van der Waals surface area contributed by atoms with Crippen LogP contribution in [-0.2, 0) is 9.59 Å². The van der Waals surface area contributed by atoms with Crippen molar-refractivity contribution < 1.29 is 9.59 Å². The number of nitrogens with zero attached hydrogens (tertiary/aromatic N) is 1. The van der Waals surface area contributed by atoms with E-state index in [1.807, 2.05) is 0 Å². The summed E-state index contributed by atoms with van der Waals surface area (Å²) in [5.41, 5.74) is 0. The lowest BCUT2D eigenvalue weighted by molar-refractivity contribution is -0.135. The van der Waals surface area contributed by atoms with Gasteiger partial charge >= 0.3 is 0 Å². The van der Waals surface area contributed by atoms with E-state index < -0.39 is 0 Å². The van der Waals surface area contributed by atoms with E-state index in [1.54, 1.807) is 11.8 Å². The van der Waals surface area contributed by atoms with Crippen molar-refractivity contribution in [1.82, 2.24) is 15.5 Å². The zero-order valence-electron chi connectivity index (χ0n) is 8.95. The fourth-order valence-electron chi connectivity index (χ4n) is 2.20. The van der Waals surface area contributed by atoms with Gasteiger partial charge in [0.05, 0.1) is 6.17 Å². The van der Waals surface area contributed by atoms with Gasteiger partial charge in [0.25, 0.3) is 0 Å². The molecule has 5 heteroatoms. The minimum absolute atomic E-state index is 0.0280. The van der Waals surface area contributed by atoms with Gasteiger partial charge in [-0.1, -0.05) is 0 Å². The molecule has 2 N–H and O–H groups in total. The predicted molar refractivity (Wildman–Crippen MR) is 55.0 cm³/mol. The van der Waals surface area contributed by atoms with Gasteiger partial charge in [-0.2, -0.15) is 0 Å². The summed E-state index contributed by atoms with van der Waals surface area (Å²) in [5, 5.41) is 5.97. The number of amides is 2. The lowest BCUT2D eigenvalue weighted by Gasteiger charge is -2.28. The van der Waals surface area contributed by atoms with E-state index in [2.05, 4.69) is 10.6 Å². The minimum atomic E-state index is -0.387. The molecule has 2 aliphatic heterocycles.